The van der Waals surface area contributed by atoms with E-state index in [0.29, 0.717) is 43.7 Å². The van der Waals surface area contributed by atoms with Gasteiger partial charge in [-0.2, -0.15) is 0 Å². The second-order valence-corrected chi connectivity index (χ2v) is 15.2. The van der Waals surface area contributed by atoms with Gasteiger partial charge in [0.1, 0.15) is 0 Å². The maximum atomic E-state index is 12.5. The Hall–Kier alpha value is -6.42. The zero-order valence-corrected chi connectivity index (χ0v) is 34.7. The second-order valence-electron chi connectivity index (χ2n) is 15.2. The van der Waals surface area contributed by atoms with Crippen LogP contribution >= 0.6 is 0 Å². The highest BCUT2D eigenvalue weighted by Gasteiger charge is 2.35. The summed E-state index contributed by atoms with van der Waals surface area (Å²) >= 11 is 0. The lowest BCUT2D eigenvalue weighted by Crippen LogP contribution is -2.44. The number of carbonyl (C=O) groups excluding carboxylic acids is 6. The highest BCUT2D eigenvalue weighted by atomic mass is 16.2. The molecule has 2 aliphatic rings. The molecule has 6 amide bonds. The van der Waals surface area contributed by atoms with E-state index in [4.69, 9.17) is 5.73 Å². The first-order chi connectivity index (χ1) is 29.5. The average molecular weight is 835 g/mol. The summed E-state index contributed by atoms with van der Waals surface area (Å²) < 4.78 is 0. The van der Waals surface area contributed by atoms with Crippen LogP contribution in [0.2, 0.25) is 0 Å². The van der Waals surface area contributed by atoms with E-state index in [-0.39, 0.29) is 74.6 Å². The number of likely N-dealkylation sites (tertiary alicyclic amines) is 1. The molecule has 0 unspecified atom stereocenters. The number of nitrogens with one attached hydrogen (secondary N) is 7. The van der Waals surface area contributed by atoms with Gasteiger partial charge in [-0.15, -0.1) is 0 Å². The van der Waals surface area contributed by atoms with Gasteiger partial charge in [0.05, 0.1) is 31.7 Å². The Balaban J connectivity index is 0.000000268. The third-order valence-corrected chi connectivity index (χ3v) is 10.4. The van der Waals surface area contributed by atoms with E-state index in [2.05, 4.69) is 61.5 Å². The Morgan fingerprint density at radius 3 is 1.59 bits per heavy atom. The van der Waals surface area contributed by atoms with Crippen LogP contribution < -0.4 is 43.0 Å². The summed E-state index contributed by atoms with van der Waals surface area (Å²) in [6, 6.07) is 34.7. The molecule has 4 aromatic carbocycles. The summed E-state index contributed by atoms with van der Waals surface area (Å²) in [6.45, 7) is 2.61. The second kappa shape index (κ2) is 23.4. The molecule has 6 rings (SSSR count). The molecule has 0 bridgehead atoms. The molecule has 61 heavy (non-hydrogen) atoms. The Labute approximate surface area is 358 Å². The molecule has 15 heteroatoms. The Morgan fingerprint density at radius 2 is 1.10 bits per heavy atom. The Kier molecular flexibility index (Phi) is 17.5. The smallest absolute Gasteiger partial charge is 0.243 e. The maximum Gasteiger partial charge on any atom is 0.243 e. The molecule has 0 aliphatic carbocycles. The van der Waals surface area contributed by atoms with Gasteiger partial charge >= 0.3 is 0 Å². The fourth-order valence-corrected chi connectivity index (χ4v) is 7.13. The maximum absolute atomic E-state index is 12.5. The van der Waals surface area contributed by atoms with Gasteiger partial charge in [0.15, 0.2) is 0 Å². The zero-order chi connectivity index (χ0) is 43.6. The molecule has 2 saturated heterocycles. The van der Waals surface area contributed by atoms with Crippen LogP contribution in [0.15, 0.2) is 109 Å². The summed E-state index contributed by atoms with van der Waals surface area (Å²) in [6.07, 6.45) is 3.08. The minimum Gasteiger partial charge on any atom is -0.352 e. The van der Waals surface area contributed by atoms with Crippen LogP contribution in [0.5, 0.6) is 0 Å². The van der Waals surface area contributed by atoms with Gasteiger partial charge < -0.3 is 43.0 Å². The summed E-state index contributed by atoms with van der Waals surface area (Å²) in [4.78, 5) is 73.9. The van der Waals surface area contributed by atoms with Crippen LogP contribution in [0.25, 0.3) is 0 Å². The highest BCUT2D eigenvalue weighted by molar-refractivity contribution is 5.96. The Morgan fingerprint density at radius 1 is 0.623 bits per heavy atom. The molecule has 2 fully saturated rings. The zero-order valence-electron chi connectivity index (χ0n) is 34.7. The third-order valence-electron chi connectivity index (χ3n) is 10.4. The fraction of sp³-hybridized carbons (Fsp3) is 0.348. The van der Waals surface area contributed by atoms with Crippen molar-refractivity contribution in [3.8, 4) is 0 Å². The van der Waals surface area contributed by atoms with E-state index in [0.717, 1.165) is 24.0 Å². The standard InChI is InChI=1S/C24H30N4O3.C22H27N5O3.H2/c1-3-22(29)27-20-14-21(28(2)16-20)24(31)25-15-23(30)26-19-11-9-18(10-12-19)13-17-7-5-4-6-8-17;23-12-20(28)27-18-11-19(24-13-18)22(30)25-14-21(29)26-17-8-6-16(7-9-17)10-15-4-2-1-3-5-15;/h4-12,20-21H,3,13-16H2,1-2H3,(H,25,31)(H,26,30)(H,27,29);1-9,18-19,24H,10-14,23H2,(H,25,30)(H,26,29)(H,27,28);1H/t20-,21+;18-,19+;/m11./s1/i;;1+1. The van der Waals surface area contributed by atoms with Crippen LogP contribution in [0.1, 0.15) is 49.9 Å². The van der Waals surface area contributed by atoms with Crippen LogP contribution in [0, 0.1) is 0 Å². The summed E-state index contributed by atoms with van der Waals surface area (Å²) in [7, 11) is 1.85. The number of rotatable bonds is 16. The van der Waals surface area contributed by atoms with Gasteiger partial charge in [-0.05, 0) is 79.3 Å². The van der Waals surface area contributed by atoms with Crippen molar-refractivity contribution in [2.45, 2.75) is 63.2 Å². The van der Waals surface area contributed by atoms with Crippen molar-refractivity contribution in [2.24, 2.45) is 5.73 Å². The first-order valence-electron chi connectivity index (χ1n) is 20.6. The van der Waals surface area contributed by atoms with Crippen LogP contribution in [-0.2, 0) is 41.6 Å². The minimum absolute atomic E-state index is 0. The number of likely N-dealkylation sites (N-methyl/N-ethyl adjacent to an activating group) is 1. The van der Waals surface area contributed by atoms with Crippen molar-refractivity contribution in [3.63, 3.8) is 0 Å². The SMILES string of the molecule is CCC(=O)N[C@@H]1C[C@@H](C(=O)NCC(=O)Nc2ccc(Cc3ccccc3)cc2)N(C)C1.NCC(=O)N[C@H]1CN[C@H](C(=O)NCC(=O)Nc2ccc(Cc3ccccc3)cc2)C1.[2HH]. The molecule has 2 heterocycles. The number of benzene rings is 4. The third kappa shape index (κ3) is 15.3. The van der Waals surface area contributed by atoms with Gasteiger partial charge in [-0.3, -0.25) is 33.7 Å². The summed E-state index contributed by atoms with van der Waals surface area (Å²) in [5, 5.41) is 19.6. The molecule has 15 nitrogen and oxygen atoms in total. The fourth-order valence-electron chi connectivity index (χ4n) is 7.13. The minimum atomic E-state index is -0.446. The lowest BCUT2D eigenvalue weighted by atomic mass is 10.0. The molecule has 0 radical (unpaired) electrons. The topological polar surface area (TPSA) is 216 Å². The Bertz CT molecular complexity index is 2070. The molecule has 4 aromatic rings. The van der Waals surface area contributed by atoms with Gasteiger partial charge in [0.2, 0.25) is 35.4 Å². The number of amides is 6. The largest absolute Gasteiger partial charge is 0.352 e. The molecule has 4 atom stereocenters. The van der Waals surface area contributed by atoms with E-state index in [1.165, 1.54) is 11.1 Å². The quantitative estimate of drug-likeness (QED) is 0.0831. The van der Waals surface area contributed by atoms with Crippen molar-refractivity contribution in [1.82, 2.24) is 31.5 Å². The molecule has 0 saturated carbocycles. The van der Waals surface area contributed by atoms with E-state index < -0.39 is 6.04 Å². The molecule has 0 spiro atoms. The number of anilines is 2. The predicted octanol–water partition coefficient (Wildman–Crippen LogP) is 2.31. The predicted molar refractivity (Wildman–Crippen MR) is 237 cm³/mol. The van der Waals surface area contributed by atoms with E-state index in [1.807, 2.05) is 96.9 Å². The van der Waals surface area contributed by atoms with Gasteiger partial charge in [-0.1, -0.05) is 91.9 Å². The summed E-state index contributed by atoms with van der Waals surface area (Å²) in [5.74, 6) is -1.33. The van der Waals surface area contributed by atoms with Crippen LogP contribution in [0.4, 0.5) is 11.4 Å². The number of hydrogen-bond acceptors (Lipinski definition) is 9. The van der Waals surface area contributed by atoms with Gasteiger partial charge in [-0.25, -0.2) is 0 Å². The lowest BCUT2D eigenvalue weighted by molar-refractivity contribution is -0.127. The number of carbonyl (C=O) groups is 6. The normalized spacial score (nSPS) is 18.1. The molecule has 324 valence electrons. The molecule has 0 aromatic heterocycles. The lowest BCUT2D eigenvalue weighted by Gasteiger charge is -2.18. The first-order valence-corrected chi connectivity index (χ1v) is 20.6. The molecular formula is C46H59N9O6. The van der Waals surface area contributed by atoms with Gasteiger partial charge in [0.25, 0.3) is 0 Å². The van der Waals surface area contributed by atoms with E-state index in [9.17, 15) is 28.8 Å². The van der Waals surface area contributed by atoms with Crippen LogP contribution in [0.3, 0.4) is 0 Å². The van der Waals surface area contributed by atoms with E-state index >= 15 is 0 Å². The summed E-state index contributed by atoms with van der Waals surface area (Å²) in [5.41, 5.74) is 11.4. The van der Waals surface area contributed by atoms with Gasteiger partial charge in [0, 0.05) is 44.4 Å². The van der Waals surface area contributed by atoms with Crippen molar-refractivity contribution >= 4 is 46.8 Å². The van der Waals surface area contributed by atoms with Crippen molar-refractivity contribution in [1.29, 1.82) is 0 Å². The number of hydrogen-bond donors (Lipinski definition) is 8. The van der Waals surface area contributed by atoms with E-state index in [1.54, 1.807) is 6.92 Å². The average Bonchev–Trinajstić information content (AvgIpc) is 3.90. The van der Waals surface area contributed by atoms with Crippen molar-refractivity contribution in [3.05, 3.63) is 131 Å². The number of nitrogens with two attached hydrogens (primary N) is 1. The molecule has 9 N–H and O–H groups in total. The monoisotopic (exact) mass is 834 g/mol. The number of nitrogens with zero attached hydrogens (tertiary/aromatic N) is 1. The highest BCUT2D eigenvalue weighted by Crippen LogP contribution is 2.17. The first kappa shape index (κ1) is 45.7. The van der Waals surface area contributed by atoms with Crippen molar-refractivity contribution < 1.29 is 30.2 Å². The van der Waals surface area contributed by atoms with Crippen molar-refractivity contribution in [2.75, 3.05) is 50.4 Å². The molecular weight excluding hydrogens is 775 g/mol. The molecule has 2 aliphatic heterocycles. The van der Waals surface area contributed by atoms with Crippen LogP contribution in [-0.4, -0.2) is 104 Å².